The Morgan fingerprint density at radius 1 is 1.00 bits per heavy atom. The van der Waals surface area contributed by atoms with Crippen molar-refractivity contribution in [1.29, 1.82) is 5.41 Å². The van der Waals surface area contributed by atoms with Crippen LogP contribution in [0.15, 0.2) is 76.7 Å². The summed E-state index contributed by atoms with van der Waals surface area (Å²) in [5, 5.41) is 14.7. The maximum absolute atomic E-state index is 12.4. The van der Waals surface area contributed by atoms with E-state index < -0.39 is 0 Å². The number of nitrogens with one attached hydrogen (secondary N) is 2. The summed E-state index contributed by atoms with van der Waals surface area (Å²) in [6.07, 6.45) is 0.249. The van der Waals surface area contributed by atoms with Crippen LogP contribution >= 0.6 is 11.8 Å². The lowest BCUT2D eigenvalue weighted by molar-refractivity contribution is -0.116. The minimum absolute atomic E-state index is 0.0655. The molecule has 0 aliphatic carbocycles. The molecule has 118 valence electrons. The van der Waals surface area contributed by atoms with Crippen molar-refractivity contribution in [3.05, 3.63) is 82.2 Å². The lowest BCUT2D eigenvalue weighted by Crippen LogP contribution is -2.28. The van der Waals surface area contributed by atoms with E-state index in [4.69, 9.17) is 5.41 Å². The molecule has 2 aliphatic heterocycles. The zero-order valence-corrected chi connectivity index (χ0v) is 13.6. The molecule has 0 unspecified atom stereocenters. The van der Waals surface area contributed by atoms with Gasteiger partial charge in [0.15, 0.2) is 0 Å². The van der Waals surface area contributed by atoms with Crippen molar-refractivity contribution in [3.8, 4) is 0 Å². The van der Waals surface area contributed by atoms with Gasteiger partial charge in [-0.25, -0.2) is 0 Å². The molecule has 0 aromatic heterocycles. The quantitative estimate of drug-likeness (QED) is 0.875. The summed E-state index contributed by atoms with van der Waals surface area (Å²) < 4.78 is 0. The molecule has 0 atom stereocenters. The maximum atomic E-state index is 12.4. The van der Waals surface area contributed by atoms with Gasteiger partial charge < -0.3 is 5.32 Å². The summed E-state index contributed by atoms with van der Waals surface area (Å²) in [5.41, 5.74) is 3.58. The van der Waals surface area contributed by atoms with Gasteiger partial charge in [0.25, 0.3) is 0 Å². The van der Waals surface area contributed by atoms with Gasteiger partial charge in [-0.1, -0.05) is 60.3 Å². The molecule has 0 bridgehead atoms. The number of anilines is 1. The fourth-order valence-electron chi connectivity index (χ4n) is 2.82. The minimum atomic E-state index is -0.0655. The number of amides is 1. The SMILES string of the molecule is N=C1C(=C2NC(c3ccccc3)=CS2)CC(=O)N1c1ccccc1. The van der Waals surface area contributed by atoms with E-state index in [0.717, 1.165) is 27.6 Å². The van der Waals surface area contributed by atoms with Crippen LogP contribution in [0.2, 0.25) is 0 Å². The second kappa shape index (κ2) is 6.02. The summed E-state index contributed by atoms with van der Waals surface area (Å²) >= 11 is 1.53. The molecule has 0 spiro atoms. The van der Waals surface area contributed by atoms with E-state index in [1.54, 1.807) is 0 Å². The predicted octanol–water partition coefficient (Wildman–Crippen LogP) is 3.95. The smallest absolute Gasteiger partial charge is 0.237 e. The number of para-hydroxylation sites is 1. The molecule has 1 amide bonds. The van der Waals surface area contributed by atoms with Crippen molar-refractivity contribution in [2.24, 2.45) is 0 Å². The zero-order chi connectivity index (χ0) is 16.5. The van der Waals surface area contributed by atoms with Crippen LogP contribution in [0.1, 0.15) is 12.0 Å². The Kier molecular flexibility index (Phi) is 3.70. The van der Waals surface area contributed by atoms with E-state index in [9.17, 15) is 4.79 Å². The molecular weight excluding hydrogens is 318 g/mol. The molecule has 2 aliphatic rings. The standard InChI is InChI=1S/C19H15N3OS/c20-18-15(11-17(23)22(18)14-9-5-2-6-10-14)19-21-16(12-24-19)13-7-3-1-4-8-13/h1-10,12,20-21H,11H2. The maximum Gasteiger partial charge on any atom is 0.237 e. The van der Waals surface area contributed by atoms with Crippen molar-refractivity contribution in [2.45, 2.75) is 6.42 Å². The molecule has 4 nitrogen and oxygen atoms in total. The first-order chi connectivity index (χ1) is 11.7. The highest BCUT2D eigenvalue weighted by Crippen LogP contribution is 2.36. The number of thioether (sulfide) groups is 1. The number of benzene rings is 2. The van der Waals surface area contributed by atoms with Gasteiger partial charge in [-0.2, -0.15) is 0 Å². The third-order valence-corrected chi connectivity index (χ3v) is 4.94. The van der Waals surface area contributed by atoms with Crippen LogP contribution in [-0.2, 0) is 4.79 Å². The number of carbonyl (C=O) groups is 1. The van der Waals surface area contributed by atoms with Crippen molar-refractivity contribution >= 4 is 34.9 Å². The van der Waals surface area contributed by atoms with E-state index >= 15 is 0 Å². The second-order valence-corrected chi connectivity index (χ2v) is 6.42. The van der Waals surface area contributed by atoms with Crippen molar-refractivity contribution < 1.29 is 4.79 Å². The lowest BCUT2D eigenvalue weighted by Gasteiger charge is -2.16. The summed E-state index contributed by atoms with van der Waals surface area (Å²) in [6, 6.07) is 19.4. The highest BCUT2D eigenvalue weighted by atomic mass is 32.2. The molecular formula is C19H15N3OS. The lowest BCUT2D eigenvalue weighted by atomic mass is 10.2. The Hall–Kier alpha value is -2.79. The van der Waals surface area contributed by atoms with Crippen LogP contribution in [0.3, 0.4) is 0 Å². The van der Waals surface area contributed by atoms with E-state index in [2.05, 4.69) is 5.32 Å². The molecule has 2 aromatic rings. The Bertz CT molecular complexity index is 872. The molecule has 4 rings (SSSR count). The van der Waals surface area contributed by atoms with E-state index in [0.29, 0.717) is 0 Å². The van der Waals surface area contributed by atoms with Gasteiger partial charge in [0.2, 0.25) is 5.91 Å². The van der Waals surface area contributed by atoms with Gasteiger partial charge in [-0.3, -0.25) is 15.1 Å². The summed E-state index contributed by atoms with van der Waals surface area (Å²) in [6.45, 7) is 0. The van der Waals surface area contributed by atoms with Crippen LogP contribution in [0.25, 0.3) is 5.70 Å². The summed E-state index contributed by atoms with van der Waals surface area (Å²) in [5.74, 6) is 0.188. The molecule has 1 saturated heterocycles. The minimum Gasteiger partial charge on any atom is -0.349 e. The Morgan fingerprint density at radius 3 is 2.38 bits per heavy atom. The van der Waals surface area contributed by atoms with E-state index in [-0.39, 0.29) is 18.2 Å². The number of hydrogen-bond acceptors (Lipinski definition) is 4. The first-order valence-corrected chi connectivity index (χ1v) is 8.51. The number of rotatable bonds is 2. The number of nitrogens with zero attached hydrogens (tertiary/aromatic N) is 1. The first kappa shape index (κ1) is 14.8. The molecule has 2 aromatic carbocycles. The number of amidine groups is 1. The zero-order valence-electron chi connectivity index (χ0n) is 12.8. The van der Waals surface area contributed by atoms with Crippen LogP contribution in [0.4, 0.5) is 5.69 Å². The van der Waals surface area contributed by atoms with Gasteiger partial charge in [-0.15, -0.1) is 0 Å². The van der Waals surface area contributed by atoms with Crippen LogP contribution in [0, 0.1) is 5.41 Å². The van der Waals surface area contributed by atoms with Gasteiger partial charge in [0.05, 0.1) is 22.8 Å². The molecule has 1 fully saturated rings. The fraction of sp³-hybridized carbons (Fsp3) is 0.0526. The largest absolute Gasteiger partial charge is 0.349 e. The third kappa shape index (κ3) is 2.53. The highest BCUT2D eigenvalue weighted by Gasteiger charge is 2.35. The molecule has 0 radical (unpaired) electrons. The predicted molar refractivity (Wildman–Crippen MR) is 98.4 cm³/mol. The normalized spacial score (nSPS) is 20.3. The van der Waals surface area contributed by atoms with Gasteiger partial charge in [0.1, 0.15) is 5.84 Å². The molecule has 2 N–H and O–H groups in total. The van der Waals surface area contributed by atoms with E-state index in [1.807, 2.05) is 66.1 Å². The summed E-state index contributed by atoms with van der Waals surface area (Å²) in [4.78, 5) is 13.9. The number of hydrogen-bond donors (Lipinski definition) is 2. The first-order valence-electron chi connectivity index (χ1n) is 7.63. The van der Waals surface area contributed by atoms with Crippen LogP contribution in [-0.4, -0.2) is 11.7 Å². The van der Waals surface area contributed by atoms with Gasteiger partial charge in [0, 0.05) is 11.0 Å². The van der Waals surface area contributed by atoms with E-state index in [1.165, 1.54) is 16.7 Å². The van der Waals surface area contributed by atoms with Crippen LogP contribution < -0.4 is 10.2 Å². The molecule has 5 heteroatoms. The monoisotopic (exact) mass is 333 g/mol. The van der Waals surface area contributed by atoms with Crippen LogP contribution in [0.5, 0.6) is 0 Å². The average Bonchev–Trinajstić information content (AvgIpc) is 3.21. The topological polar surface area (TPSA) is 56.2 Å². The highest BCUT2D eigenvalue weighted by molar-refractivity contribution is 8.06. The molecule has 2 heterocycles. The van der Waals surface area contributed by atoms with Crippen molar-refractivity contribution in [2.75, 3.05) is 4.90 Å². The Balaban J connectivity index is 1.61. The average molecular weight is 333 g/mol. The molecule has 24 heavy (non-hydrogen) atoms. The van der Waals surface area contributed by atoms with Crippen molar-refractivity contribution in [1.82, 2.24) is 5.32 Å². The Labute approximate surface area is 144 Å². The Morgan fingerprint density at radius 2 is 1.67 bits per heavy atom. The van der Waals surface area contributed by atoms with Gasteiger partial charge >= 0.3 is 0 Å². The summed E-state index contributed by atoms with van der Waals surface area (Å²) in [7, 11) is 0. The van der Waals surface area contributed by atoms with Gasteiger partial charge in [-0.05, 0) is 17.7 Å². The van der Waals surface area contributed by atoms with Crippen molar-refractivity contribution in [3.63, 3.8) is 0 Å². The second-order valence-electron chi connectivity index (χ2n) is 5.54. The fourth-order valence-corrected chi connectivity index (χ4v) is 3.73. The number of carbonyl (C=O) groups excluding carboxylic acids is 1. The third-order valence-electron chi connectivity index (χ3n) is 4.00. The molecule has 0 saturated carbocycles.